The van der Waals surface area contributed by atoms with Crippen molar-refractivity contribution in [2.45, 2.75) is 13.0 Å². The van der Waals surface area contributed by atoms with Crippen LogP contribution in [-0.4, -0.2) is 27.8 Å². The smallest absolute Gasteiger partial charge is 0.210 e. The molecule has 1 atom stereocenters. The molecular weight excluding hydrogens is 240 g/mol. The molecule has 1 aromatic rings. The van der Waals surface area contributed by atoms with E-state index in [4.69, 9.17) is 9.88 Å². The van der Waals surface area contributed by atoms with Gasteiger partial charge in [0.2, 0.25) is 10.0 Å². The summed E-state index contributed by atoms with van der Waals surface area (Å²) >= 11 is 0. The van der Waals surface area contributed by atoms with Crippen LogP contribution in [0.5, 0.6) is 5.75 Å². The summed E-state index contributed by atoms with van der Waals surface area (Å²) in [5.74, 6) is 0.712. The average molecular weight is 258 g/mol. The van der Waals surface area contributed by atoms with Gasteiger partial charge in [-0.25, -0.2) is 13.6 Å². The Bertz CT molecular complexity index is 460. The summed E-state index contributed by atoms with van der Waals surface area (Å²) in [5.41, 5.74) is 1.04. The highest BCUT2D eigenvalue weighted by molar-refractivity contribution is 7.89. The first-order chi connectivity index (χ1) is 7.92. The summed E-state index contributed by atoms with van der Waals surface area (Å²) in [4.78, 5) is 0. The van der Waals surface area contributed by atoms with Crippen molar-refractivity contribution in [3.8, 4) is 5.75 Å². The zero-order chi connectivity index (χ0) is 12.9. The number of methoxy groups -OCH3 is 1. The third-order valence-electron chi connectivity index (χ3n) is 2.43. The summed E-state index contributed by atoms with van der Waals surface area (Å²) < 4.78 is 26.7. The molecule has 96 valence electrons. The number of nitrogens with one attached hydrogen (secondary N) is 1. The maximum absolute atomic E-state index is 10.8. The van der Waals surface area contributed by atoms with Crippen LogP contribution >= 0.6 is 0 Å². The van der Waals surface area contributed by atoms with Gasteiger partial charge in [-0.05, 0) is 24.6 Å². The molecule has 3 N–H and O–H groups in total. The van der Waals surface area contributed by atoms with Gasteiger partial charge in [-0.1, -0.05) is 12.1 Å². The summed E-state index contributed by atoms with van der Waals surface area (Å²) in [6, 6.07) is 7.67. The van der Waals surface area contributed by atoms with Crippen LogP contribution in [0.2, 0.25) is 0 Å². The van der Waals surface area contributed by atoms with Crippen LogP contribution in [0.25, 0.3) is 0 Å². The van der Waals surface area contributed by atoms with Crippen molar-refractivity contribution >= 4 is 10.0 Å². The molecule has 17 heavy (non-hydrogen) atoms. The predicted octanol–water partition coefficient (Wildman–Crippen LogP) is 0.634. The van der Waals surface area contributed by atoms with Crippen molar-refractivity contribution in [2.75, 3.05) is 19.4 Å². The molecule has 0 aliphatic carbocycles. The van der Waals surface area contributed by atoms with Gasteiger partial charge < -0.3 is 10.1 Å². The molecule has 1 aromatic carbocycles. The largest absolute Gasteiger partial charge is 0.497 e. The topological polar surface area (TPSA) is 81.4 Å². The second-order valence-corrected chi connectivity index (χ2v) is 5.55. The molecule has 0 bridgehead atoms. The van der Waals surface area contributed by atoms with Crippen molar-refractivity contribution in [1.82, 2.24) is 5.32 Å². The monoisotopic (exact) mass is 258 g/mol. The Hall–Kier alpha value is -1.11. The van der Waals surface area contributed by atoms with Gasteiger partial charge in [-0.2, -0.15) is 0 Å². The lowest BCUT2D eigenvalue weighted by atomic mass is 10.1. The number of nitrogens with two attached hydrogens (primary N) is 1. The molecule has 0 saturated carbocycles. The SMILES string of the molecule is COc1cccc(C(C)NCCS(N)(=O)=O)c1. The number of primary sulfonamides is 1. The van der Waals surface area contributed by atoms with Crippen LogP contribution in [0.15, 0.2) is 24.3 Å². The zero-order valence-corrected chi connectivity index (χ0v) is 10.8. The minimum atomic E-state index is -3.40. The number of hydrogen-bond donors (Lipinski definition) is 2. The molecule has 5 nitrogen and oxygen atoms in total. The lowest BCUT2D eigenvalue weighted by Gasteiger charge is -2.14. The first-order valence-electron chi connectivity index (χ1n) is 5.30. The van der Waals surface area contributed by atoms with E-state index in [9.17, 15) is 8.42 Å². The predicted molar refractivity (Wildman–Crippen MR) is 67.4 cm³/mol. The Morgan fingerprint density at radius 1 is 1.47 bits per heavy atom. The van der Waals surface area contributed by atoms with Gasteiger partial charge in [-0.15, -0.1) is 0 Å². The lowest BCUT2D eigenvalue weighted by molar-refractivity contribution is 0.413. The molecule has 0 aromatic heterocycles. The van der Waals surface area contributed by atoms with E-state index in [1.54, 1.807) is 7.11 Å². The van der Waals surface area contributed by atoms with Gasteiger partial charge in [0.1, 0.15) is 5.75 Å². The van der Waals surface area contributed by atoms with E-state index in [0.717, 1.165) is 11.3 Å². The summed E-state index contributed by atoms with van der Waals surface area (Å²) in [6.45, 7) is 2.29. The number of sulfonamides is 1. The molecule has 0 fully saturated rings. The number of ether oxygens (including phenoxy) is 1. The minimum Gasteiger partial charge on any atom is -0.497 e. The molecule has 6 heteroatoms. The van der Waals surface area contributed by atoms with Crippen molar-refractivity contribution in [3.05, 3.63) is 29.8 Å². The third kappa shape index (κ3) is 5.16. The van der Waals surface area contributed by atoms with E-state index < -0.39 is 10.0 Å². The molecule has 1 unspecified atom stereocenters. The summed E-state index contributed by atoms with van der Waals surface area (Å²) in [7, 11) is -1.79. The number of benzene rings is 1. The Kier molecular flexibility index (Phi) is 4.92. The molecule has 1 rings (SSSR count). The maximum atomic E-state index is 10.8. The van der Waals surface area contributed by atoms with Crippen molar-refractivity contribution in [3.63, 3.8) is 0 Å². The van der Waals surface area contributed by atoms with Crippen LogP contribution in [0.1, 0.15) is 18.5 Å². The summed E-state index contributed by atoms with van der Waals surface area (Å²) in [5, 5.41) is 8.01. The highest BCUT2D eigenvalue weighted by atomic mass is 32.2. The highest BCUT2D eigenvalue weighted by Crippen LogP contribution is 2.18. The Morgan fingerprint density at radius 3 is 2.76 bits per heavy atom. The fourth-order valence-electron chi connectivity index (χ4n) is 1.45. The van der Waals surface area contributed by atoms with Crippen LogP contribution in [0.3, 0.4) is 0 Å². The second kappa shape index (κ2) is 6.00. The molecule has 0 radical (unpaired) electrons. The summed E-state index contributed by atoms with van der Waals surface area (Å²) in [6.07, 6.45) is 0. The first kappa shape index (κ1) is 14.0. The Morgan fingerprint density at radius 2 is 2.18 bits per heavy atom. The normalized spacial score (nSPS) is 13.4. The average Bonchev–Trinajstić information content (AvgIpc) is 2.27. The van der Waals surface area contributed by atoms with Gasteiger partial charge in [0, 0.05) is 12.6 Å². The highest BCUT2D eigenvalue weighted by Gasteiger charge is 2.07. The van der Waals surface area contributed by atoms with Crippen molar-refractivity contribution in [1.29, 1.82) is 0 Å². The molecule has 0 spiro atoms. The van der Waals surface area contributed by atoms with Crippen LogP contribution in [-0.2, 0) is 10.0 Å². The van der Waals surface area contributed by atoms with Gasteiger partial charge in [0.25, 0.3) is 0 Å². The lowest BCUT2D eigenvalue weighted by Crippen LogP contribution is -2.28. The van der Waals surface area contributed by atoms with Crippen molar-refractivity contribution in [2.24, 2.45) is 5.14 Å². The van der Waals surface area contributed by atoms with E-state index in [0.29, 0.717) is 6.54 Å². The van der Waals surface area contributed by atoms with E-state index in [2.05, 4.69) is 5.32 Å². The van der Waals surface area contributed by atoms with Crippen molar-refractivity contribution < 1.29 is 13.2 Å². The molecule has 0 saturated heterocycles. The van der Waals surface area contributed by atoms with E-state index >= 15 is 0 Å². The second-order valence-electron chi connectivity index (χ2n) is 3.82. The number of rotatable bonds is 6. The van der Waals surface area contributed by atoms with Crippen LogP contribution in [0.4, 0.5) is 0 Å². The quantitative estimate of drug-likeness (QED) is 0.784. The van der Waals surface area contributed by atoms with E-state index in [1.165, 1.54) is 0 Å². The standard InChI is InChI=1S/C11H18N2O3S/c1-9(13-6-7-17(12,14)15)10-4-3-5-11(8-10)16-2/h3-5,8-9,13H,6-7H2,1-2H3,(H2,12,14,15). The fourth-order valence-corrected chi connectivity index (χ4v) is 1.85. The molecular formula is C11H18N2O3S. The Balaban J connectivity index is 2.54. The van der Waals surface area contributed by atoms with Gasteiger partial charge >= 0.3 is 0 Å². The minimum absolute atomic E-state index is 0.0480. The molecule has 0 amide bonds. The Labute approximate surface area is 102 Å². The van der Waals surface area contributed by atoms with Gasteiger partial charge in [-0.3, -0.25) is 0 Å². The van der Waals surface area contributed by atoms with Crippen LogP contribution < -0.4 is 15.2 Å². The van der Waals surface area contributed by atoms with Crippen LogP contribution in [0, 0.1) is 0 Å². The maximum Gasteiger partial charge on any atom is 0.210 e. The van der Waals surface area contributed by atoms with E-state index in [-0.39, 0.29) is 11.8 Å². The molecule has 0 aliphatic heterocycles. The molecule has 0 aliphatic rings. The molecule has 0 heterocycles. The third-order valence-corrected chi connectivity index (χ3v) is 3.20. The number of hydrogen-bond acceptors (Lipinski definition) is 4. The zero-order valence-electron chi connectivity index (χ0n) is 10.0. The first-order valence-corrected chi connectivity index (χ1v) is 7.02. The van der Waals surface area contributed by atoms with Gasteiger partial charge in [0.15, 0.2) is 0 Å². The van der Waals surface area contributed by atoms with Gasteiger partial charge in [0.05, 0.1) is 12.9 Å². The van der Waals surface area contributed by atoms with E-state index in [1.807, 2.05) is 31.2 Å². The fraction of sp³-hybridized carbons (Fsp3) is 0.455.